The van der Waals surface area contributed by atoms with Crippen molar-refractivity contribution < 1.29 is 9.90 Å². The number of nitriles is 1. The molecule has 0 aliphatic rings. The Morgan fingerprint density at radius 3 is 2.80 bits per heavy atom. The molecule has 0 aliphatic carbocycles. The quantitative estimate of drug-likeness (QED) is 0.899. The van der Waals surface area contributed by atoms with E-state index in [-0.39, 0.29) is 5.69 Å². The van der Waals surface area contributed by atoms with E-state index < -0.39 is 5.97 Å². The number of carboxylic acids is 1. The number of halogens is 1. The molecule has 0 unspecified atom stereocenters. The van der Waals surface area contributed by atoms with Gasteiger partial charge in [-0.2, -0.15) is 5.26 Å². The zero-order chi connectivity index (χ0) is 14.5. The molecule has 6 heteroatoms. The van der Waals surface area contributed by atoms with Gasteiger partial charge in [-0.1, -0.05) is 22.0 Å². The molecule has 100 valence electrons. The zero-order valence-corrected chi connectivity index (χ0v) is 11.9. The molecule has 2 N–H and O–H groups in total. The molecular weight excluding hydrogens is 322 g/mol. The number of carboxylic acid groups (broad SMARTS) is 1. The summed E-state index contributed by atoms with van der Waals surface area (Å²) in [7, 11) is 0. The van der Waals surface area contributed by atoms with Crippen molar-refractivity contribution in [2.45, 2.75) is 6.54 Å². The largest absolute Gasteiger partial charge is 0.477 e. The minimum absolute atomic E-state index is 0.00936. The van der Waals surface area contributed by atoms with Gasteiger partial charge in [0, 0.05) is 17.2 Å². The lowest BCUT2D eigenvalue weighted by Crippen LogP contribution is -2.04. The van der Waals surface area contributed by atoms with E-state index in [4.69, 9.17) is 10.4 Å². The summed E-state index contributed by atoms with van der Waals surface area (Å²) in [5, 5.41) is 20.9. The number of aromatic carboxylic acids is 1. The summed E-state index contributed by atoms with van der Waals surface area (Å²) in [5.74, 6) is -1.05. The van der Waals surface area contributed by atoms with Crippen LogP contribution in [-0.2, 0) is 6.54 Å². The Kier molecular flexibility index (Phi) is 4.33. The van der Waals surface area contributed by atoms with Crippen LogP contribution in [0.25, 0.3) is 0 Å². The molecule has 20 heavy (non-hydrogen) atoms. The standard InChI is InChI=1S/C14H10BrN3O2/c15-11-2-4-12(10(5-11)6-16)17-7-9-1-3-13(14(19)20)18-8-9/h1-5,8,17H,7H2,(H,19,20). The molecule has 0 saturated heterocycles. The molecule has 0 atom stereocenters. The topological polar surface area (TPSA) is 86.0 Å². The van der Waals surface area contributed by atoms with E-state index in [1.807, 2.05) is 12.1 Å². The van der Waals surface area contributed by atoms with Crippen LogP contribution in [0, 0.1) is 11.3 Å². The van der Waals surface area contributed by atoms with Crippen LogP contribution in [0.4, 0.5) is 5.69 Å². The van der Waals surface area contributed by atoms with Crippen molar-refractivity contribution in [3.05, 3.63) is 57.8 Å². The van der Waals surface area contributed by atoms with Gasteiger partial charge < -0.3 is 10.4 Å². The highest BCUT2D eigenvalue weighted by Crippen LogP contribution is 2.20. The Hall–Kier alpha value is -2.39. The van der Waals surface area contributed by atoms with Gasteiger partial charge in [0.15, 0.2) is 0 Å². The first-order valence-electron chi connectivity index (χ1n) is 5.72. The van der Waals surface area contributed by atoms with E-state index in [9.17, 15) is 4.79 Å². The molecule has 0 saturated carbocycles. The lowest BCUT2D eigenvalue weighted by atomic mass is 10.2. The Bertz CT molecular complexity index is 678. The van der Waals surface area contributed by atoms with Crippen LogP contribution >= 0.6 is 15.9 Å². The summed E-state index contributed by atoms with van der Waals surface area (Å²) in [6.45, 7) is 0.462. The lowest BCUT2D eigenvalue weighted by Gasteiger charge is -2.08. The normalized spacial score (nSPS) is 9.80. The van der Waals surface area contributed by atoms with Gasteiger partial charge in [-0.15, -0.1) is 0 Å². The Labute approximate surface area is 124 Å². The van der Waals surface area contributed by atoms with Crippen molar-refractivity contribution >= 4 is 27.6 Å². The van der Waals surface area contributed by atoms with Gasteiger partial charge in [0.2, 0.25) is 0 Å². The predicted octanol–water partition coefficient (Wildman–Crippen LogP) is 3.03. The van der Waals surface area contributed by atoms with Crippen LogP contribution in [0.1, 0.15) is 21.6 Å². The second kappa shape index (κ2) is 6.17. The average molecular weight is 332 g/mol. The maximum Gasteiger partial charge on any atom is 0.354 e. The van der Waals surface area contributed by atoms with Crippen molar-refractivity contribution in [1.29, 1.82) is 5.26 Å². The molecule has 1 aromatic heterocycles. The first kappa shape index (κ1) is 14.0. The molecule has 0 radical (unpaired) electrons. The second-order valence-electron chi connectivity index (χ2n) is 4.01. The van der Waals surface area contributed by atoms with Gasteiger partial charge in [-0.25, -0.2) is 9.78 Å². The monoisotopic (exact) mass is 331 g/mol. The van der Waals surface area contributed by atoms with Gasteiger partial charge in [-0.3, -0.25) is 0 Å². The Balaban J connectivity index is 2.09. The van der Waals surface area contributed by atoms with Crippen molar-refractivity contribution in [3.8, 4) is 6.07 Å². The maximum absolute atomic E-state index is 10.7. The minimum atomic E-state index is -1.05. The van der Waals surface area contributed by atoms with Crippen LogP contribution in [0.15, 0.2) is 41.0 Å². The number of pyridine rings is 1. The summed E-state index contributed by atoms with van der Waals surface area (Å²) in [4.78, 5) is 14.5. The van der Waals surface area contributed by atoms with Crippen LogP contribution in [0.3, 0.4) is 0 Å². The van der Waals surface area contributed by atoms with Crippen LogP contribution in [0.2, 0.25) is 0 Å². The predicted molar refractivity (Wildman–Crippen MR) is 77.4 cm³/mol. The summed E-state index contributed by atoms with van der Waals surface area (Å²) < 4.78 is 0.840. The molecular formula is C14H10BrN3O2. The average Bonchev–Trinajstić information content (AvgIpc) is 2.46. The molecule has 1 aromatic carbocycles. The van der Waals surface area contributed by atoms with E-state index in [0.717, 1.165) is 15.7 Å². The maximum atomic E-state index is 10.7. The first-order valence-corrected chi connectivity index (χ1v) is 6.51. The van der Waals surface area contributed by atoms with E-state index in [1.54, 1.807) is 12.1 Å². The highest BCUT2D eigenvalue weighted by atomic mass is 79.9. The Morgan fingerprint density at radius 2 is 2.20 bits per heavy atom. The number of carbonyl (C=O) groups is 1. The fourth-order valence-corrected chi connectivity index (χ4v) is 1.98. The second-order valence-corrected chi connectivity index (χ2v) is 4.93. The van der Waals surface area contributed by atoms with E-state index >= 15 is 0 Å². The molecule has 2 rings (SSSR count). The SMILES string of the molecule is N#Cc1cc(Br)ccc1NCc1ccc(C(=O)O)nc1. The molecule has 0 aliphatic heterocycles. The summed E-state index contributed by atoms with van der Waals surface area (Å²) in [6.07, 6.45) is 1.50. The van der Waals surface area contributed by atoms with Gasteiger partial charge in [0.1, 0.15) is 11.8 Å². The number of nitrogens with one attached hydrogen (secondary N) is 1. The number of nitrogens with zero attached hydrogens (tertiary/aromatic N) is 2. The van der Waals surface area contributed by atoms with Crippen molar-refractivity contribution in [2.24, 2.45) is 0 Å². The van der Waals surface area contributed by atoms with Gasteiger partial charge >= 0.3 is 5.97 Å². The number of hydrogen-bond acceptors (Lipinski definition) is 4. The highest BCUT2D eigenvalue weighted by Gasteiger charge is 2.05. The highest BCUT2D eigenvalue weighted by molar-refractivity contribution is 9.10. The Morgan fingerprint density at radius 1 is 1.40 bits per heavy atom. The molecule has 1 heterocycles. The molecule has 0 amide bonds. The summed E-state index contributed by atoms with van der Waals surface area (Å²) in [6, 6.07) is 10.6. The third-order valence-corrected chi connectivity index (χ3v) is 3.12. The van der Waals surface area contributed by atoms with Gasteiger partial charge in [0.05, 0.1) is 11.3 Å². The van der Waals surface area contributed by atoms with Crippen LogP contribution in [0.5, 0.6) is 0 Å². The summed E-state index contributed by atoms with van der Waals surface area (Å²) in [5.41, 5.74) is 2.10. The number of rotatable bonds is 4. The van der Waals surface area contributed by atoms with Crippen LogP contribution in [-0.4, -0.2) is 16.1 Å². The van der Waals surface area contributed by atoms with Crippen molar-refractivity contribution in [1.82, 2.24) is 4.98 Å². The number of benzene rings is 1. The summed E-state index contributed by atoms with van der Waals surface area (Å²) >= 11 is 3.31. The van der Waals surface area contributed by atoms with Crippen LogP contribution < -0.4 is 5.32 Å². The third kappa shape index (κ3) is 3.33. The van der Waals surface area contributed by atoms with Crippen molar-refractivity contribution in [2.75, 3.05) is 5.32 Å². The first-order chi connectivity index (χ1) is 9.60. The molecule has 2 aromatic rings. The number of aromatic nitrogens is 1. The zero-order valence-electron chi connectivity index (χ0n) is 10.3. The number of anilines is 1. The fourth-order valence-electron chi connectivity index (χ4n) is 1.62. The fraction of sp³-hybridized carbons (Fsp3) is 0.0714. The molecule has 5 nitrogen and oxygen atoms in total. The van der Waals surface area contributed by atoms with Gasteiger partial charge in [0.25, 0.3) is 0 Å². The van der Waals surface area contributed by atoms with Gasteiger partial charge in [-0.05, 0) is 29.8 Å². The number of hydrogen-bond donors (Lipinski definition) is 2. The smallest absolute Gasteiger partial charge is 0.354 e. The molecule has 0 fully saturated rings. The van der Waals surface area contributed by atoms with Crippen molar-refractivity contribution in [3.63, 3.8) is 0 Å². The minimum Gasteiger partial charge on any atom is -0.477 e. The molecule has 0 bridgehead atoms. The lowest BCUT2D eigenvalue weighted by molar-refractivity contribution is 0.0690. The molecule has 0 spiro atoms. The van der Waals surface area contributed by atoms with E-state index in [1.165, 1.54) is 12.3 Å². The third-order valence-electron chi connectivity index (χ3n) is 2.63. The van der Waals surface area contributed by atoms with E-state index in [2.05, 4.69) is 32.3 Å². The van der Waals surface area contributed by atoms with E-state index in [0.29, 0.717) is 12.1 Å².